The minimum absolute atomic E-state index is 0.144. The summed E-state index contributed by atoms with van der Waals surface area (Å²) in [5, 5.41) is 4.23. The van der Waals surface area contributed by atoms with E-state index < -0.39 is 0 Å². The molecule has 5 rings (SSSR count). The highest BCUT2D eigenvalue weighted by atomic mass is 32.1. The summed E-state index contributed by atoms with van der Waals surface area (Å²) >= 11 is 5.73. The Kier molecular flexibility index (Phi) is 8.69. The minimum Gasteiger partial charge on any atom is -0.378 e. The highest BCUT2D eigenvalue weighted by molar-refractivity contribution is 7.80. The van der Waals surface area contributed by atoms with E-state index in [9.17, 15) is 4.79 Å². The Morgan fingerprint density at radius 3 is 2.29 bits per heavy atom. The summed E-state index contributed by atoms with van der Waals surface area (Å²) in [6.45, 7) is 6.70. The zero-order valence-corrected chi connectivity index (χ0v) is 23.8. The van der Waals surface area contributed by atoms with Crippen molar-refractivity contribution in [1.29, 1.82) is 0 Å². The smallest absolute Gasteiger partial charge is 0.329 e. The van der Waals surface area contributed by atoms with Crippen molar-refractivity contribution in [2.45, 2.75) is 57.7 Å². The average molecular weight is 535 g/mol. The fourth-order valence-corrected chi connectivity index (χ4v) is 6.22. The Morgan fingerprint density at radius 2 is 1.61 bits per heavy atom. The van der Waals surface area contributed by atoms with Gasteiger partial charge >= 0.3 is 5.69 Å². The molecule has 1 aromatic heterocycles. The van der Waals surface area contributed by atoms with E-state index in [1.807, 2.05) is 24.7 Å². The Balaban J connectivity index is 1.19. The summed E-state index contributed by atoms with van der Waals surface area (Å²) in [7, 11) is 4.10. The number of hydrogen-bond donors (Lipinski definition) is 1. The van der Waals surface area contributed by atoms with Crippen LogP contribution in [0.5, 0.6) is 0 Å². The van der Waals surface area contributed by atoms with E-state index >= 15 is 0 Å². The van der Waals surface area contributed by atoms with Gasteiger partial charge in [-0.15, -0.1) is 0 Å². The van der Waals surface area contributed by atoms with Gasteiger partial charge in [-0.25, -0.2) is 4.79 Å². The van der Waals surface area contributed by atoms with E-state index in [2.05, 4.69) is 67.0 Å². The number of hydrogen-bond acceptors (Lipinski definition) is 4. The summed E-state index contributed by atoms with van der Waals surface area (Å²) in [6, 6.07) is 17.1. The molecule has 38 heavy (non-hydrogen) atoms. The van der Waals surface area contributed by atoms with Crippen LogP contribution in [-0.4, -0.2) is 70.9 Å². The highest BCUT2D eigenvalue weighted by Crippen LogP contribution is 2.26. The largest absolute Gasteiger partial charge is 0.378 e. The molecule has 2 aromatic carbocycles. The average Bonchev–Trinajstić information content (AvgIpc) is 3.23. The first kappa shape index (κ1) is 26.8. The Bertz CT molecular complexity index is 1270. The van der Waals surface area contributed by atoms with Crippen molar-refractivity contribution in [3.05, 3.63) is 64.6 Å². The van der Waals surface area contributed by atoms with Crippen LogP contribution in [0, 0.1) is 0 Å². The second kappa shape index (κ2) is 12.3. The third kappa shape index (κ3) is 6.07. The normalized spacial score (nSPS) is 17.2. The van der Waals surface area contributed by atoms with Gasteiger partial charge in [-0.3, -0.25) is 9.13 Å². The Labute approximate surface area is 232 Å². The van der Waals surface area contributed by atoms with Crippen LogP contribution in [0.3, 0.4) is 0 Å². The van der Waals surface area contributed by atoms with E-state index in [0.717, 1.165) is 68.1 Å². The molecule has 0 bridgehead atoms. The van der Waals surface area contributed by atoms with Gasteiger partial charge in [0.05, 0.1) is 11.0 Å². The molecule has 0 radical (unpaired) electrons. The van der Waals surface area contributed by atoms with Gasteiger partial charge in [0.2, 0.25) is 0 Å². The van der Waals surface area contributed by atoms with Crippen LogP contribution in [-0.2, 0) is 13.1 Å². The monoisotopic (exact) mass is 534 g/mol. The molecular formula is C30H42N6OS. The predicted molar refractivity (Wildman–Crippen MR) is 161 cm³/mol. The predicted octanol–water partition coefficient (Wildman–Crippen LogP) is 4.46. The maximum Gasteiger partial charge on any atom is 0.329 e. The fourth-order valence-electron chi connectivity index (χ4n) is 5.97. The number of nitrogens with one attached hydrogen (secondary N) is 1. The topological polar surface area (TPSA) is 48.7 Å². The molecule has 2 saturated heterocycles. The number of benzene rings is 2. The van der Waals surface area contributed by atoms with E-state index in [0.29, 0.717) is 0 Å². The molecule has 0 saturated carbocycles. The van der Waals surface area contributed by atoms with Crippen LogP contribution in [0.2, 0.25) is 0 Å². The van der Waals surface area contributed by atoms with Crippen molar-refractivity contribution in [3.8, 4) is 0 Å². The second-order valence-electron chi connectivity index (χ2n) is 11.0. The third-order valence-corrected chi connectivity index (χ3v) is 8.59. The number of aryl methyl sites for hydroxylation is 1. The first-order valence-electron chi connectivity index (χ1n) is 14.2. The van der Waals surface area contributed by atoms with Crippen molar-refractivity contribution in [2.24, 2.45) is 0 Å². The van der Waals surface area contributed by atoms with Crippen molar-refractivity contribution < 1.29 is 0 Å². The van der Waals surface area contributed by atoms with Crippen LogP contribution >= 0.6 is 12.2 Å². The molecule has 0 atom stereocenters. The van der Waals surface area contributed by atoms with Crippen LogP contribution < -0.4 is 15.9 Å². The quantitative estimate of drug-likeness (QED) is 0.431. The standard InChI is InChI=1S/C30H42N6OS/c1-32(2)25-13-11-24(12-14-25)23-31-29(38)34-21-15-26(16-22-34)36-28-10-5-4-9-27(28)35(30(36)37)20-8-19-33-17-6-3-7-18-33/h4-5,9-14,26H,3,6-8,15-23H2,1-2H3,(H,31,38). The number of imidazole rings is 1. The third-order valence-electron chi connectivity index (χ3n) is 8.19. The van der Waals surface area contributed by atoms with Crippen molar-refractivity contribution in [2.75, 3.05) is 51.7 Å². The van der Waals surface area contributed by atoms with Gasteiger partial charge in [0.25, 0.3) is 0 Å². The van der Waals surface area contributed by atoms with Gasteiger partial charge in [-0.05, 0) is 93.8 Å². The molecule has 204 valence electrons. The molecule has 3 aromatic rings. The van der Waals surface area contributed by atoms with Gasteiger partial charge in [0, 0.05) is 52.0 Å². The van der Waals surface area contributed by atoms with Gasteiger partial charge < -0.3 is 20.0 Å². The van der Waals surface area contributed by atoms with Crippen LogP contribution in [0.15, 0.2) is 53.3 Å². The number of rotatable bonds is 8. The lowest BCUT2D eigenvalue weighted by Gasteiger charge is -2.34. The number of para-hydroxylation sites is 2. The Hall–Kier alpha value is -2.84. The highest BCUT2D eigenvalue weighted by Gasteiger charge is 2.26. The molecule has 2 fully saturated rings. The van der Waals surface area contributed by atoms with E-state index in [1.165, 1.54) is 43.6 Å². The number of fused-ring (bicyclic) bond motifs is 1. The fraction of sp³-hybridized carbons (Fsp3) is 0.533. The summed E-state index contributed by atoms with van der Waals surface area (Å²) in [6.07, 6.45) is 6.82. The maximum absolute atomic E-state index is 13.7. The first-order chi connectivity index (χ1) is 18.5. The molecule has 1 N–H and O–H groups in total. The van der Waals surface area contributed by atoms with Crippen LogP contribution in [0.4, 0.5) is 5.69 Å². The first-order valence-corrected chi connectivity index (χ1v) is 14.6. The summed E-state index contributed by atoms with van der Waals surface area (Å²) < 4.78 is 4.08. The molecule has 7 nitrogen and oxygen atoms in total. The molecule has 8 heteroatoms. The summed E-state index contributed by atoms with van der Waals surface area (Å²) in [4.78, 5) is 20.6. The minimum atomic E-state index is 0.144. The molecule has 3 heterocycles. The molecule has 0 spiro atoms. The molecular weight excluding hydrogens is 492 g/mol. The lowest BCUT2D eigenvalue weighted by molar-refractivity contribution is 0.222. The lowest BCUT2D eigenvalue weighted by Crippen LogP contribution is -2.45. The molecule has 0 aliphatic carbocycles. The maximum atomic E-state index is 13.7. The summed E-state index contributed by atoms with van der Waals surface area (Å²) in [5.74, 6) is 0. The molecule has 2 aliphatic rings. The van der Waals surface area contributed by atoms with Crippen molar-refractivity contribution in [1.82, 2.24) is 24.3 Å². The van der Waals surface area contributed by atoms with Crippen molar-refractivity contribution >= 4 is 34.1 Å². The SMILES string of the molecule is CN(C)c1ccc(CNC(=S)N2CCC(n3c(=O)n(CCCN4CCCCC4)c4ccccc43)CC2)cc1. The molecule has 0 unspecified atom stereocenters. The number of piperidine rings is 2. The van der Waals surface area contributed by atoms with E-state index in [-0.39, 0.29) is 11.7 Å². The molecule has 0 amide bonds. The number of nitrogens with zero attached hydrogens (tertiary/aromatic N) is 5. The van der Waals surface area contributed by atoms with Gasteiger partial charge in [-0.1, -0.05) is 30.7 Å². The van der Waals surface area contributed by atoms with Crippen molar-refractivity contribution in [3.63, 3.8) is 0 Å². The number of aromatic nitrogens is 2. The van der Waals surface area contributed by atoms with Gasteiger partial charge in [0.1, 0.15) is 0 Å². The second-order valence-corrected chi connectivity index (χ2v) is 11.4. The number of anilines is 1. The van der Waals surface area contributed by atoms with Crippen LogP contribution in [0.25, 0.3) is 11.0 Å². The van der Waals surface area contributed by atoms with Gasteiger partial charge in [0.15, 0.2) is 5.11 Å². The zero-order chi connectivity index (χ0) is 26.5. The molecule has 2 aliphatic heterocycles. The number of likely N-dealkylation sites (tertiary alicyclic amines) is 2. The van der Waals surface area contributed by atoms with Crippen LogP contribution in [0.1, 0.15) is 50.1 Å². The zero-order valence-electron chi connectivity index (χ0n) is 22.9. The Morgan fingerprint density at radius 1 is 0.921 bits per heavy atom. The summed E-state index contributed by atoms with van der Waals surface area (Å²) in [5.41, 5.74) is 4.68. The van der Waals surface area contributed by atoms with E-state index in [1.54, 1.807) is 0 Å². The lowest BCUT2D eigenvalue weighted by atomic mass is 10.0. The van der Waals surface area contributed by atoms with E-state index in [4.69, 9.17) is 12.2 Å². The van der Waals surface area contributed by atoms with Gasteiger partial charge in [-0.2, -0.15) is 0 Å². The number of thiocarbonyl (C=S) groups is 1.